The first-order valence-corrected chi connectivity index (χ1v) is 34.2. The summed E-state index contributed by atoms with van der Waals surface area (Å²) in [5.74, 6) is 4.70. The standard InChI is InChI=1S/C26H27N7O2S.C19H22N6OS.C18H20N4O.C7H7NO2.CH5N3S.ClH/c1-18-7-6-8-19(13-18)14-23(34)30-22-17-28-21(16-29-22)10-2-3-11-25-32-33-26(36-25)31-24(35)15-20-9-4-5-12-27-20;1-13-5-4-6-14(9-13)10-17(26)23-16-12-21-15(11-22-16)7-2-3-8-18-24-25-19(20)27-18;1-14-6-5-7-15(10-14)11-18(23)22-17-13-20-16(12-21-17)8-3-2-4-9-19;9-7(10)5-6-3-1-2-4-8-6;2-1(5)4-3;/h4-9,12-13,16-17H,2-3,10-11,14-15H2,1H3,(H,29,30,34)(H,31,33,35);4-6,9,11-12H,2-3,7-8,10H2,1H3,(H2,20,25)(H,22,23,26);5-7,10,12-13H,2-4,8,11H2,1H3,(H,21,22,23);1-4H,5H2,(H,9,10);3H2,(H3,2,4,5);1H. The molecule has 102 heavy (non-hydrogen) atoms. The first kappa shape index (κ1) is 81.6. The molecule has 0 aliphatic rings. The van der Waals surface area contributed by atoms with Crippen molar-refractivity contribution in [3.05, 3.63) is 231 Å². The predicted molar refractivity (Wildman–Crippen MR) is 401 cm³/mol. The summed E-state index contributed by atoms with van der Waals surface area (Å²) in [4.78, 5) is 92.6. The van der Waals surface area contributed by atoms with Gasteiger partial charge in [-0.05, 0) is 132 Å². The molecule has 0 atom stereocenters. The number of hydrogen-bond acceptors (Lipinski definition) is 23. The molecule has 0 bridgehead atoms. The molecule has 10 aromatic rings. The van der Waals surface area contributed by atoms with E-state index in [0.29, 0.717) is 64.8 Å². The van der Waals surface area contributed by atoms with Crippen LogP contribution in [0.3, 0.4) is 0 Å². The van der Waals surface area contributed by atoms with Crippen molar-refractivity contribution >= 4 is 110 Å². The van der Waals surface area contributed by atoms with Gasteiger partial charge in [0, 0.05) is 37.4 Å². The number of hydrogen-bond donors (Lipinski definition) is 9. The maximum absolute atomic E-state index is 12.3. The molecule has 7 aromatic heterocycles. The molecule has 0 aliphatic carbocycles. The van der Waals surface area contributed by atoms with E-state index < -0.39 is 5.97 Å². The van der Waals surface area contributed by atoms with Crippen LogP contribution >= 0.6 is 47.3 Å². The number of nitriles is 1. The second-order valence-electron chi connectivity index (χ2n) is 22.6. The largest absolute Gasteiger partial charge is 0.481 e. The lowest BCUT2D eigenvalue weighted by Crippen LogP contribution is -2.34. The van der Waals surface area contributed by atoms with Crippen molar-refractivity contribution in [1.82, 2.24) is 65.7 Å². The Labute approximate surface area is 611 Å². The lowest BCUT2D eigenvalue weighted by atomic mass is 10.1. The first-order chi connectivity index (χ1) is 48.8. The quantitative estimate of drug-likeness (QED) is 0.00952. The van der Waals surface area contributed by atoms with Gasteiger partial charge in [-0.2, -0.15) is 5.26 Å². The Hall–Kier alpha value is -11.1. The van der Waals surface area contributed by atoms with E-state index in [-0.39, 0.29) is 54.0 Å². The molecule has 0 fully saturated rings. The molecule has 0 saturated heterocycles. The van der Waals surface area contributed by atoms with Crippen LogP contribution in [0, 0.1) is 32.1 Å². The minimum absolute atomic E-state index is 0. The highest BCUT2D eigenvalue weighted by molar-refractivity contribution is 7.80. The van der Waals surface area contributed by atoms with Crippen LogP contribution in [0.2, 0.25) is 0 Å². The number of benzene rings is 3. The highest BCUT2D eigenvalue weighted by Gasteiger charge is 2.13. The van der Waals surface area contributed by atoms with Gasteiger partial charge in [0.25, 0.3) is 0 Å². The van der Waals surface area contributed by atoms with Crippen molar-refractivity contribution in [2.24, 2.45) is 11.6 Å². The molecule has 3 aromatic carbocycles. The molecule has 0 aliphatic heterocycles. The third-order valence-electron chi connectivity index (χ3n) is 13.8. The first-order valence-electron chi connectivity index (χ1n) is 32.2. The van der Waals surface area contributed by atoms with Crippen molar-refractivity contribution in [3.63, 3.8) is 0 Å². The number of nitrogens with one attached hydrogen (secondary N) is 5. The summed E-state index contributed by atoms with van der Waals surface area (Å²) in [6.45, 7) is 6.01. The summed E-state index contributed by atoms with van der Waals surface area (Å²) >= 11 is 7.05. The zero-order chi connectivity index (χ0) is 72.4. The highest BCUT2D eigenvalue weighted by Crippen LogP contribution is 2.20. The van der Waals surface area contributed by atoms with E-state index in [1.807, 2.05) is 117 Å². The summed E-state index contributed by atoms with van der Waals surface area (Å²) in [6.07, 6.45) is 24.4. The van der Waals surface area contributed by atoms with Gasteiger partial charge in [-0.1, -0.05) is 124 Å². The Morgan fingerprint density at radius 2 is 0.863 bits per heavy atom. The second-order valence-corrected chi connectivity index (χ2v) is 25.2. The molecule has 0 spiro atoms. The van der Waals surface area contributed by atoms with Gasteiger partial charge < -0.3 is 43.3 Å². The fourth-order valence-electron chi connectivity index (χ4n) is 9.16. The SMILES string of the molecule is Cc1cccc(CC(=O)Nc2cnc(CCCCC#N)cn2)c1.Cc1cccc(CC(=O)Nc2cnc(CCCCc3nnc(N)s3)cn2)c1.Cc1cccc(CC(=O)Nc2cnc(CCCCc3nnc(NC(=O)Cc4ccccn4)s3)cn2)c1.Cl.NNC(N)=S.O=C(O)Cc1ccccn1. The molecule has 10 rings (SSSR count). The number of aryl methyl sites for hydroxylation is 8. The molecular weight excluding hydrogens is 1370 g/mol. The number of nitrogens with two attached hydrogens (primary N) is 3. The predicted octanol–water partition coefficient (Wildman–Crippen LogP) is 9.95. The van der Waals surface area contributed by atoms with Crippen molar-refractivity contribution in [1.29, 1.82) is 5.26 Å². The van der Waals surface area contributed by atoms with Crippen molar-refractivity contribution < 1.29 is 29.1 Å². The Morgan fingerprint density at radius 3 is 1.22 bits per heavy atom. The van der Waals surface area contributed by atoms with Crippen LogP contribution in [0.4, 0.5) is 27.7 Å². The number of carbonyl (C=O) groups excluding carboxylic acids is 4. The van der Waals surface area contributed by atoms with Crippen molar-refractivity contribution in [2.75, 3.05) is 27.0 Å². The maximum Gasteiger partial charge on any atom is 0.309 e. The minimum atomic E-state index is -0.848. The van der Waals surface area contributed by atoms with Gasteiger partial charge in [-0.3, -0.25) is 48.9 Å². The zero-order valence-corrected chi connectivity index (χ0v) is 60.0. The fraction of sp³-hybridized carbons (Fsp3) is 0.282. The molecule has 31 heteroatoms. The van der Waals surface area contributed by atoms with Gasteiger partial charge in [0.2, 0.25) is 33.9 Å². The Kier molecular flexibility index (Phi) is 37.0. The van der Waals surface area contributed by atoms with Gasteiger partial charge >= 0.3 is 5.97 Å². The number of anilines is 5. The summed E-state index contributed by atoms with van der Waals surface area (Å²) in [5, 5.41) is 46.9. The third kappa shape index (κ3) is 34.6. The summed E-state index contributed by atoms with van der Waals surface area (Å²) in [7, 11) is 0. The van der Waals surface area contributed by atoms with Gasteiger partial charge in [0.15, 0.2) is 22.6 Å². The molecule has 532 valence electrons. The van der Waals surface area contributed by atoms with E-state index in [1.165, 1.54) is 22.7 Å². The number of rotatable bonds is 28. The van der Waals surface area contributed by atoms with E-state index in [0.717, 1.165) is 131 Å². The number of aliphatic carboxylic acids is 1. The molecule has 12 N–H and O–H groups in total. The molecule has 4 amide bonds. The third-order valence-corrected chi connectivity index (χ3v) is 15.7. The van der Waals surface area contributed by atoms with E-state index in [1.54, 1.807) is 67.8 Å². The Morgan fingerprint density at radius 1 is 0.471 bits per heavy atom. The van der Waals surface area contributed by atoms with Crippen molar-refractivity contribution in [2.45, 2.75) is 130 Å². The molecule has 7 heterocycles. The number of halogens is 1. The van der Waals surface area contributed by atoms with Gasteiger partial charge in [-0.25, -0.2) is 20.8 Å². The van der Waals surface area contributed by atoms with Crippen LogP contribution < -0.4 is 44.0 Å². The number of unbranched alkanes of at least 4 members (excludes halogenated alkanes) is 4. The second kappa shape index (κ2) is 46.3. The van der Waals surface area contributed by atoms with Crippen LogP contribution in [0.15, 0.2) is 159 Å². The summed E-state index contributed by atoms with van der Waals surface area (Å²) in [6, 6.07) is 36.5. The molecule has 27 nitrogen and oxygen atoms in total. The maximum atomic E-state index is 12.3. The van der Waals surface area contributed by atoms with Crippen LogP contribution in [-0.2, 0) is 88.2 Å². The van der Waals surface area contributed by atoms with Gasteiger partial charge in [-0.15, -0.1) is 32.8 Å². The number of carbonyl (C=O) groups is 5. The minimum Gasteiger partial charge on any atom is -0.481 e. The van der Waals surface area contributed by atoms with Crippen LogP contribution in [0.5, 0.6) is 0 Å². The van der Waals surface area contributed by atoms with E-state index >= 15 is 0 Å². The van der Waals surface area contributed by atoms with E-state index in [4.69, 9.17) is 21.8 Å². The molecular formula is C71H82ClN21O6S3. The van der Waals surface area contributed by atoms with Gasteiger partial charge in [0.1, 0.15) is 10.0 Å². The number of nitrogens with zero attached hydrogens (tertiary/aromatic N) is 13. The highest BCUT2D eigenvalue weighted by atomic mass is 35.5. The number of amides is 4. The topological polar surface area (TPSA) is 422 Å². The summed E-state index contributed by atoms with van der Waals surface area (Å²) < 4.78 is 0. The average Bonchev–Trinajstić information content (AvgIpc) is 1.06. The number of carboxylic acids is 1. The Bertz CT molecular complexity index is 4230. The van der Waals surface area contributed by atoms with E-state index in [9.17, 15) is 24.0 Å². The Balaban J connectivity index is 0.000000253. The lowest BCUT2D eigenvalue weighted by Gasteiger charge is -2.06. The number of aromatic nitrogens is 12. The average molecular weight is 1460 g/mol. The van der Waals surface area contributed by atoms with Crippen LogP contribution in [0.25, 0.3) is 0 Å². The number of nitrogen functional groups attached to an aromatic ring is 1. The monoisotopic (exact) mass is 1460 g/mol. The summed E-state index contributed by atoms with van der Waals surface area (Å²) in [5.41, 5.74) is 22.7. The van der Waals surface area contributed by atoms with Crippen molar-refractivity contribution in [3.8, 4) is 6.07 Å². The normalized spacial score (nSPS) is 10.1. The van der Waals surface area contributed by atoms with Crippen LogP contribution in [0.1, 0.15) is 117 Å². The molecule has 0 saturated carbocycles. The van der Waals surface area contributed by atoms with E-state index in [2.05, 4.69) is 106 Å². The number of pyridine rings is 2. The van der Waals surface area contributed by atoms with Crippen LogP contribution in [-0.4, -0.2) is 100 Å². The molecule has 0 radical (unpaired) electrons. The molecule has 0 unspecified atom stereocenters. The number of thiocarbonyl (C=S) groups is 1. The number of carboxylic acid groups (broad SMARTS) is 1. The van der Waals surface area contributed by atoms with Gasteiger partial charge in [0.05, 0.1) is 98.1 Å². The zero-order valence-electron chi connectivity index (χ0n) is 56.7. The smallest absolute Gasteiger partial charge is 0.309 e. The lowest BCUT2D eigenvalue weighted by molar-refractivity contribution is -0.136. The number of hydrazine groups is 1. The fourth-order valence-corrected chi connectivity index (χ4v) is 10.6.